The molecule has 1 unspecified atom stereocenters. The van der Waals surface area contributed by atoms with Gasteiger partial charge in [0.25, 0.3) is 0 Å². The average molecular weight is 273 g/mol. The third kappa shape index (κ3) is 3.71. The largest absolute Gasteiger partial charge is 0.494 e. The van der Waals surface area contributed by atoms with Crippen LogP contribution in [0.4, 0.5) is 0 Å². The molecule has 0 aliphatic rings. The van der Waals surface area contributed by atoms with Gasteiger partial charge in [-0.2, -0.15) is 0 Å². The standard InChI is InChI=1S/C16H19NO3/c1-3-20-14-6-4-5-13(10-14)15(18)9-12-7-8-16(19-2)17-11-12/h4-8,10-11,15,18H,3,9H2,1-2H3. The fourth-order valence-electron chi connectivity index (χ4n) is 1.97. The second-order valence-electron chi connectivity index (χ2n) is 4.43. The summed E-state index contributed by atoms with van der Waals surface area (Å²) in [4.78, 5) is 4.13. The minimum atomic E-state index is -0.578. The minimum absolute atomic E-state index is 0.507. The van der Waals surface area contributed by atoms with Crippen LogP contribution in [0.2, 0.25) is 0 Å². The number of hydrogen-bond donors (Lipinski definition) is 1. The summed E-state index contributed by atoms with van der Waals surface area (Å²) >= 11 is 0. The highest BCUT2D eigenvalue weighted by Gasteiger charge is 2.10. The maximum atomic E-state index is 10.3. The maximum Gasteiger partial charge on any atom is 0.212 e. The van der Waals surface area contributed by atoms with E-state index in [1.54, 1.807) is 19.4 Å². The van der Waals surface area contributed by atoms with Crippen molar-refractivity contribution in [1.29, 1.82) is 0 Å². The summed E-state index contributed by atoms with van der Waals surface area (Å²) in [7, 11) is 1.58. The molecule has 4 nitrogen and oxygen atoms in total. The molecule has 0 spiro atoms. The molecule has 4 heteroatoms. The van der Waals surface area contributed by atoms with Crippen molar-refractivity contribution < 1.29 is 14.6 Å². The number of ether oxygens (including phenoxy) is 2. The highest BCUT2D eigenvalue weighted by molar-refractivity contribution is 5.31. The van der Waals surface area contributed by atoms with E-state index >= 15 is 0 Å². The molecule has 1 aromatic heterocycles. The Labute approximate surface area is 119 Å². The third-order valence-electron chi connectivity index (χ3n) is 2.99. The molecule has 1 heterocycles. The van der Waals surface area contributed by atoms with Gasteiger partial charge in [-0.15, -0.1) is 0 Å². The molecular formula is C16H19NO3. The van der Waals surface area contributed by atoms with E-state index in [0.29, 0.717) is 18.9 Å². The van der Waals surface area contributed by atoms with Crippen LogP contribution in [-0.2, 0) is 6.42 Å². The number of rotatable bonds is 6. The van der Waals surface area contributed by atoms with Crippen LogP contribution in [0.15, 0.2) is 42.6 Å². The predicted molar refractivity (Wildman–Crippen MR) is 77.1 cm³/mol. The molecule has 0 saturated heterocycles. The van der Waals surface area contributed by atoms with Gasteiger partial charge >= 0.3 is 0 Å². The van der Waals surface area contributed by atoms with Crippen molar-refractivity contribution in [1.82, 2.24) is 4.98 Å². The Morgan fingerprint density at radius 3 is 2.75 bits per heavy atom. The number of aromatic nitrogens is 1. The second-order valence-corrected chi connectivity index (χ2v) is 4.43. The number of nitrogens with zero attached hydrogens (tertiary/aromatic N) is 1. The topological polar surface area (TPSA) is 51.6 Å². The Bertz CT molecular complexity index is 540. The van der Waals surface area contributed by atoms with Crippen molar-refractivity contribution in [3.05, 3.63) is 53.7 Å². The summed E-state index contributed by atoms with van der Waals surface area (Å²) in [6, 6.07) is 11.2. The molecule has 106 valence electrons. The number of benzene rings is 1. The molecule has 0 aliphatic heterocycles. The van der Waals surface area contributed by atoms with Crippen LogP contribution in [0, 0.1) is 0 Å². The van der Waals surface area contributed by atoms with Crippen LogP contribution < -0.4 is 9.47 Å². The lowest BCUT2D eigenvalue weighted by molar-refractivity contribution is 0.177. The lowest BCUT2D eigenvalue weighted by Gasteiger charge is -2.12. The zero-order valence-corrected chi connectivity index (χ0v) is 11.7. The zero-order chi connectivity index (χ0) is 14.4. The Morgan fingerprint density at radius 2 is 2.10 bits per heavy atom. The molecule has 2 aromatic rings. The van der Waals surface area contributed by atoms with E-state index in [-0.39, 0.29) is 0 Å². The molecule has 0 fully saturated rings. The van der Waals surface area contributed by atoms with Crippen molar-refractivity contribution in [2.45, 2.75) is 19.4 Å². The summed E-state index contributed by atoms with van der Waals surface area (Å²) in [5.74, 6) is 1.35. The van der Waals surface area contributed by atoms with Gasteiger partial charge in [0.1, 0.15) is 5.75 Å². The highest BCUT2D eigenvalue weighted by atomic mass is 16.5. The van der Waals surface area contributed by atoms with Gasteiger partial charge in [-0.1, -0.05) is 18.2 Å². The van der Waals surface area contributed by atoms with Gasteiger partial charge in [0.15, 0.2) is 0 Å². The molecule has 1 N–H and O–H groups in total. The molecule has 0 bridgehead atoms. The number of methoxy groups -OCH3 is 1. The molecule has 1 aromatic carbocycles. The van der Waals surface area contributed by atoms with Gasteiger partial charge in [0, 0.05) is 18.7 Å². The van der Waals surface area contributed by atoms with E-state index in [4.69, 9.17) is 9.47 Å². The molecule has 0 radical (unpaired) electrons. The molecule has 0 aliphatic carbocycles. The molecule has 20 heavy (non-hydrogen) atoms. The fraction of sp³-hybridized carbons (Fsp3) is 0.312. The van der Waals surface area contributed by atoms with Crippen molar-refractivity contribution in [3.63, 3.8) is 0 Å². The van der Waals surface area contributed by atoms with Gasteiger partial charge in [-0.25, -0.2) is 4.98 Å². The maximum absolute atomic E-state index is 10.3. The zero-order valence-electron chi connectivity index (χ0n) is 11.7. The van der Waals surface area contributed by atoms with E-state index in [1.807, 2.05) is 37.3 Å². The smallest absolute Gasteiger partial charge is 0.212 e. The monoisotopic (exact) mass is 273 g/mol. The third-order valence-corrected chi connectivity index (χ3v) is 2.99. The predicted octanol–water partition coefficient (Wildman–Crippen LogP) is 2.77. The Hall–Kier alpha value is -2.07. The van der Waals surface area contributed by atoms with Crippen LogP contribution >= 0.6 is 0 Å². The minimum Gasteiger partial charge on any atom is -0.494 e. The summed E-state index contributed by atoms with van der Waals surface area (Å²) in [6.07, 6.45) is 1.65. The van der Waals surface area contributed by atoms with E-state index in [0.717, 1.165) is 16.9 Å². The Kier molecular flexibility index (Phi) is 4.96. The van der Waals surface area contributed by atoms with E-state index in [1.165, 1.54) is 0 Å². The second kappa shape index (κ2) is 6.91. The molecule has 0 amide bonds. The van der Waals surface area contributed by atoms with Gasteiger partial charge in [-0.3, -0.25) is 0 Å². The lowest BCUT2D eigenvalue weighted by Crippen LogP contribution is -2.03. The van der Waals surface area contributed by atoms with Gasteiger partial charge in [0.05, 0.1) is 19.8 Å². The first-order chi connectivity index (χ1) is 9.72. The van der Waals surface area contributed by atoms with E-state index in [2.05, 4.69) is 4.98 Å². The normalized spacial score (nSPS) is 11.9. The van der Waals surface area contributed by atoms with Crippen LogP contribution in [-0.4, -0.2) is 23.8 Å². The summed E-state index contributed by atoms with van der Waals surface area (Å²) in [6.45, 7) is 2.55. The first-order valence-corrected chi connectivity index (χ1v) is 6.62. The lowest BCUT2D eigenvalue weighted by atomic mass is 10.0. The summed E-state index contributed by atoms with van der Waals surface area (Å²) in [5.41, 5.74) is 1.80. The van der Waals surface area contributed by atoms with Crippen LogP contribution in [0.3, 0.4) is 0 Å². The van der Waals surface area contributed by atoms with Crippen molar-refractivity contribution >= 4 is 0 Å². The number of aliphatic hydroxyl groups excluding tert-OH is 1. The SMILES string of the molecule is CCOc1cccc(C(O)Cc2ccc(OC)nc2)c1. The van der Waals surface area contributed by atoms with E-state index in [9.17, 15) is 5.11 Å². The van der Waals surface area contributed by atoms with Crippen molar-refractivity contribution in [2.75, 3.05) is 13.7 Å². The molecule has 0 saturated carbocycles. The van der Waals surface area contributed by atoms with Crippen LogP contribution in [0.25, 0.3) is 0 Å². The number of aliphatic hydroxyl groups is 1. The molecule has 2 rings (SSSR count). The van der Waals surface area contributed by atoms with Gasteiger partial charge in [-0.05, 0) is 30.2 Å². The number of hydrogen-bond acceptors (Lipinski definition) is 4. The van der Waals surface area contributed by atoms with Crippen molar-refractivity contribution in [3.8, 4) is 11.6 Å². The molecular weight excluding hydrogens is 254 g/mol. The summed E-state index contributed by atoms with van der Waals surface area (Å²) in [5, 5.41) is 10.3. The highest BCUT2D eigenvalue weighted by Crippen LogP contribution is 2.22. The van der Waals surface area contributed by atoms with Crippen LogP contribution in [0.1, 0.15) is 24.2 Å². The van der Waals surface area contributed by atoms with Crippen molar-refractivity contribution in [2.24, 2.45) is 0 Å². The molecule has 1 atom stereocenters. The fourth-order valence-corrected chi connectivity index (χ4v) is 1.97. The number of pyridine rings is 1. The first kappa shape index (κ1) is 14.3. The quantitative estimate of drug-likeness (QED) is 0.879. The van der Waals surface area contributed by atoms with Crippen LogP contribution in [0.5, 0.6) is 11.6 Å². The Balaban J connectivity index is 2.06. The summed E-state index contributed by atoms with van der Waals surface area (Å²) < 4.78 is 10.4. The average Bonchev–Trinajstić information content (AvgIpc) is 2.48. The Morgan fingerprint density at radius 1 is 1.25 bits per heavy atom. The van der Waals surface area contributed by atoms with Gasteiger partial charge < -0.3 is 14.6 Å². The first-order valence-electron chi connectivity index (χ1n) is 6.62. The van der Waals surface area contributed by atoms with Gasteiger partial charge in [0.2, 0.25) is 5.88 Å². The van der Waals surface area contributed by atoms with E-state index < -0.39 is 6.10 Å².